The first kappa shape index (κ1) is 15.4. The number of benzene rings is 1. The Morgan fingerprint density at radius 3 is 2.62 bits per heavy atom. The lowest BCUT2D eigenvalue weighted by molar-refractivity contribution is -0.124. The quantitative estimate of drug-likeness (QED) is 0.880. The maximum atomic E-state index is 13.1. The van der Waals surface area contributed by atoms with Crippen molar-refractivity contribution in [3.63, 3.8) is 0 Å². The number of primary amides is 1. The molecule has 0 bridgehead atoms. The SMILES string of the molecule is C[C@@H](C(=O)Nc1cccc(F)c1)N1CCC(C(N)=O)CC1. The molecule has 3 N–H and O–H groups in total. The molecule has 0 unspecified atom stereocenters. The second-order valence-corrected chi connectivity index (χ2v) is 5.39. The van der Waals surface area contributed by atoms with E-state index >= 15 is 0 Å². The lowest BCUT2D eigenvalue weighted by Gasteiger charge is -2.34. The maximum Gasteiger partial charge on any atom is 0.241 e. The van der Waals surface area contributed by atoms with E-state index in [1.807, 2.05) is 4.90 Å². The molecule has 0 saturated carbocycles. The monoisotopic (exact) mass is 293 g/mol. The predicted molar refractivity (Wildman–Crippen MR) is 78.0 cm³/mol. The molecule has 1 aromatic rings. The summed E-state index contributed by atoms with van der Waals surface area (Å²) in [7, 11) is 0. The van der Waals surface area contributed by atoms with Crippen LogP contribution in [-0.2, 0) is 9.59 Å². The third kappa shape index (κ3) is 4.01. The zero-order valence-electron chi connectivity index (χ0n) is 12.0. The highest BCUT2D eigenvalue weighted by molar-refractivity contribution is 5.94. The first-order valence-corrected chi connectivity index (χ1v) is 7.07. The van der Waals surface area contributed by atoms with E-state index in [4.69, 9.17) is 5.73 Å². The highest BCUT2D eigenvalue weighted by Crippen LogP contribution is 2.19. The average molecular weight is 293 g/mol. The molecule has 6 heteroatoms. The van der Waals surface area contributed by atoms with Gasteiger partial charge in [0.1, 0.15) is 5.82 Å². The molecule has 2 rings (SSSR count). The number of halogens is 1. The Bertz CT molecular complexity index is 527. The summed E-state index contributed by atoms with van der Waals surface area (Å²) in [5.41, 5.74) is 5.74. The van der Waals surface area contributed by atoms with Gasteiger partial charge in [-0.25, -0.2) is 4.39 Å². The van der Waals surface area contributed by atoms with Crippen molar-refractivity contribution in [3.05, 3.63) is 30.1 Å². The number of rotatable bonds is 4. The normalized spacial score (nSPS) is 18.2. The standard InChI is InChI=1S/C15H20FN3O2/c1-10(19-7-5-11(6-8-19)14(17)20)15(21)18-13-4-2-3-12(16)9-13/h2-4,9-11H,5-8H2,1H3,(H2,17,20)(H,18,21)/t10-/m0/s1. The summed E-state index contributed by atoms with van der Waals surface area (Å²) >= 11 is 0. The largest absolute Gasteiger partial charge is 0.369 e. The summed E-state index contributed by atoms with van der Waals surface area (Å²) in [4.78, 5) is 25.3. The fourth-order valence-electron chi connectivity index (χ4n) is 2.55. The van der Waals surface area contributed by atoms with Gasteiger partial charge in [-0.2, -0.15) is 0 Å². The molecule has 114 valence electrons. The summed E-state index contributed by atoms with van der Waals surface area (Å²) in [5, 5.41) is 2.70. The van der Waals surface area contributed by atoms with Crippen molar-refractivity contribution in [1.29, 1.82) is 0 Å². The van der Waals surface area contributed by atoms with E-state index in [1.165, 1.54) is 12.1 Å². The molecule has 0 spiro atoms. The molecule has 21 heavy (non-hydrogen) atoms. The molecule has 1 fully saturated rings. The van der Waals surface area contributed by atoms with Gasteiger partial charge in [-0.05, 0) is 51.1 Å². The number of hydrogen-bond donors (Lipinski definition) is 2. The van der Waals surface area contributed by atoms with Gasteiger partial charge < -0.3 is 11.1 Å². The number of likely N-dealkylation sites (tertiary alicyclic amines) is 1. The molecule has 1 aromatic carbocycles. The second-order valence-electron chi connectivity index (χ2n) is 5.39. The van der Waals surface area contributed by atoms with Crippen LogP contribution in [-0.4, -0.2) is 35.8 Å². The molecule has 0 radical (unpaired) electrons. The number of nitrogens with one attached hydrogen (secondary N) is 1. The minimum Gasteiger partial charge on any atom is -0.369 e. The molecular weight excluding hydrogens is 273 g/mol. The van der Waals surface area contributed by atoms with Crippen LogP contribution < -0.4 is 11.1 Å². The van der Waals surface area contributed by atoms with Crippen molar-refractivity contribution in [1.82, 2.24) is 4.90 Å². The van der Waals surface area contributed by atoms with Crippen LogP contribution in [0.1, 0.15) is 19.8 Å². The van der Waals surface area contributed by atoms with Gasteiger partial charge in [-0.3, -0.25) is 14.5 Å². The Kier molecular flexibility index (Phi) is 4.90. The lowest BCUT2D eigenvalue weighted by atomic mass is 9.95. The molecule has 1 atom stereocenters. The van der Waals surface area contributed by atoms with Gasteiger partial charge in [0.05, 0.1) is 6.04 Å². The Balaban J connectivity index is 1.90. The minimum absolute atomic E-state index is 0.0975. The van der Waals surface area contributed by atoms with E-state index in [9.17, 15) is 14.0 Å². The van der Waals surface area contributed by atoms with Crippen LogP contribution in [0.3, 0.4) is 0 Å². The number of nitrogens with zero attached hydrogens (tertiary/aromatic N) is 1. The molecular formula is C15H20FN3O2. The van der Waals surface area contributed by atoms with Crippen LogP contribution in [0.15, 0.2) is 24.3 Å². The van der Waals surface area contributed by atoms with Crippen molar-refractivity contribution >= 4 is 17.5 Å². The number of amides is 2. The Labute approximate surface area is 123 Å². The molecule has 0 aliphatic carbocycles. The number of nitrogens with two attached hydrogens (primary N) is 1. The van der Waals surface area contributed by atoms with E-state index in [-0.39, 0.29) is 29.6 Å². The number of anilines is 1. The molecule has 1 heterocycles. The van der Waals surface area contributed by atoms with Crippen LogP contribution in [0.5, 0.6) is 0 Å². The van der Waals surface area contributed by atoms with E-state index < -0.39 is 0 Å². The van der Waals surface area contributed by atoms with Crippen molar-refractivity contribution in [3.8, 4) is 0 Å². The fourth-order valence-corrected chi connectivity index (χ4v) is 2.55. The average Bonchev–Trinajstić information content (AvgIpc) is 2.46. The van der Waals surface area contributed by atoms with Gasteiger partial charge in [0.25, 0.3) is 0 Å². The Hall–Kier alpha value is -1.95. The maximum absolute atomic E-state index is 13.1. The number of hydrogen-bond acceptors (Lipinski definition) is 3. The van der Waals surface area contributed by atoms with Crippen LogP contribution in [0.25, 0.3) is 0 Å². The first-order chi connectivity index (χ1) is 9.97. The minimum atomic E-state index is -0.386. The fraction of sp³-hybridized carbons (Fsp3) is 0.467. The van der Waals surface area contributed by atoms with Gasteiger partial charge in [-0.15, -0.1) is 0 Å². The Morgan fingerprint density at radius 2 is 2.05 bits per heavy atom. The summed E-state index contributed by atoms with van der Waals surface area (Å²) < 4.78 is 13.1. The van der Waals surface area contributed by atoms with E-state index in [0.717, 1.165) is 0 Å². The van der Waals surface area contributed by atoms with E-state index in [2.05, 4.69) is 5.32 Å². The molecule has 1 aliphatic rings. The Morgan fingerprint density at radius 1 is 1.38 bits per heavy atom. The molecule has 0 aromatic heterocycles. The third-order valence-electron chi connectivity index (χ3n) is 3.95. The van der Waals surface area contributed by atoms with Gasteiger partial charge in [0, 0.05) is 11.6 Å². The van der Waals surface area contributed by atoms with Gasteiger partial charge in [0.15, 0.2) is 0 Å². The third-order valence-corrected chi connectivity index (χ3v) is 3.95. The van der Waals surface area contributed by atoms with Crippen molar-refractivity contribution in [2.75, 3.05) is 18.4 Å². The van der Waals surface area contributed by atoms with Crippen LogP contribution in [0, 0.1) is 11.7 Å². The summed E-state index contributed by atoms with van der Waals surface area (Å²) in [6.07, 6.45) is 1.35. The van der Waals surface area contributed by atoms with Gasteiger partial charge in [-0.1, -0.05) is 6.07 Å². The summed E-state index contributed by atoms with van der Waals surface area (Å²) in [5.74, 6) is -0.938. The predicted octanol–water partition coefficient (Wildman–Crippen LogP) is 1.35. The van der Waals surface area contributed by atoms with Crippen molar-refractivity contribution in [2.24, 2.45) is 11.7 Å². The molecule has 2 amide bonds. The zero-order valence-corrected chi connectivity index (χ0v) is 12.0. The number of piperidine rings is 1. The molecule has 1 aliphatic heterocycles. The van der Waals surface area contributed by atoms with Crippen LogP contribution >= 0.6 is 0 Å². The lowest BCUT2D eigenvalue weighted by Crippen LogP contribution is -2.47. The topological polar surface area (TPSA) is 75.4 Å². The number of carbonyl (C=O) groups is 2. The zero-order chi connectivity index (χ0) is 15.4. The smallest absolute Gasteiger partial charge is 0.241 e. The van der Waals surface area contributed by atoms with Gasteiger partial charge in [0.2, 0.25) is 11.8 Å². The molecule has 1 saturated heterocycles. The highest BCUT2D eigenvalue weighted by Gasteiger charge is 2.28. The van der Waals surface area contributed by atoms with Crippen LogP contribution in [0.4, 0.5) is 10.1 Å². The van der Waals surface area contributed by atoms with Crippen molar-refractivity contribution in [2.45, 2.75) is 25.8 Å². The molecule has 5 nitrogen and oxygen atoms in total. The summed E-state index contributed by atoms with van der Waals surface area (Å²) in [6, 6.07) is 5.47. The highest BCUT2D eigenvalue weighted by atomic mass is 19.1. The summed E-state index contributed by atoms with van der Waals surface area (Å²) in [6.45, 7) is 3.12. The second kappa shape index (κ2) is 6.67. The van der Waals surface area contributed by atoms with E-state index in [1.54, 1.807) is 19.1 Å². The van der Waals surface area contributed by atoms with Crippen LogP contribution in [0.2, 0.25) is 0 Å². The van der Waals surface area contributed by atoms with Crippen molar-refractivity contribution < 1.29 is 14.0 Å². The number of carbonyl (C=O) groups excluding carboxylic acids is 2. The first-order valence-electron chi connectivity index (χ1n) is 7.07. The van der Waals surface area contributed by atoms with Gasteiger partial charge >= 0.3 is 0 Å². The van der Waals surface area contributed by atoms with E-state index in [0.29, 0.717) is 31.6 Å².